The molecule has 0 spiro atoms. The molecular formula is C17H15BrN2O2S. The van der Waals surface area contributed by atoms with E-state index in [0.717, 1.165) is 20.7 Å². The summed E-state index contributed by atoms with van der Waals surface area (Å²) in [7, 11) is 0. The fraction of sp³-hybridized carbons (Fsp3) is 0.176. The second kappa shape index (κ2) is 7.19. The Morgan fingerprint density at radius 3 is 2.74 bits per heavy atom. The van der Waals surface area contributed by atoms with Crippen LogP contribution in [0.1, 0.15) is 6.42 Å². The molecule has 1 heterocycles. The lowest BCUT2D eigenvalue weighted by Gasteiger charge is -2.28. The zero-order valence-corrected chi connectivity index (χ0v) is 14.7. The summed E-state index contributed by atoms with van der Waals surface area (Å²) in [6, 6.07) is 15.2. The van der Waals surface area contributed by atoms with Crippen LogP contribution in [-0.2, 0) is 9.59 Å². The van der Waals surface area contributed by atoms with Crippen LogP contribution in [-0.4, -0.2) is 24.1 Å². The Labute approximate surface area is 147 Å². The molecule has 2 aromatic rings. The maximum atomic E-state index is 12.2. The van der Waals surface area contributed by atoms with Crippen LogP contribution in [0.2, 0.25) is 0 Å². The first-order valence-corrected chi connectivity index (χ1v) is 8.99. The summed E-state index contributed by atoms with van der Waals surface area (Å²) < 4.78 is 0.837. The van der Waals surface area contributed by atoms with Gasteiger partial charge in [0.05, 0.1) is 17.1 Å². The minimum Gasteiger partial charge on any atom is -0.325 e. The van der Waals surface area contributed by atoms with E-state index in [0.29, 0.717) is 12.3 Å². The van der Waals surface area contributed by atoms with Crippen LogP contribution in [0, 0.1) is 0 Å². The van der Waals surface area contributed by atoms with Crippen molar-refractivity contribution in [2.45, 2.75) is 11.3 Å². The Balaban J connectivity index is 1.65. The van der Waals surface area contributed by atoms with E-state index in [2.05, 4.69) is 21.2 Å². The third kappa shape index (κ3) is 3.76. The van der Waals surface area contributed by atoms with Crippen molar-refractivity contribution in [3.05, 3.63) is 53.0 Å². The predicted octanol–water partition coefficient (Wildman–Crippen LogP) is 3.92. The number of hydrogen-bond acceptors (Lipinski definition) is 3. The van der Waals surface area contributed by atoms with Crippen molar-refractivity contribution in [1.29, 1.82) is 0 Å². The van der Waals surface area contributed by atoms with Gasteiger partial charge in [-0.2, -0.15) is 0 Å². The highest BCUT2D eigenvalue weighted by Gasteiger charge is 2.24. The summed E-state index contributed by atoms with van der Waals surface area (Å²) in [4.78, 5) is 27.1. The van der Waals surface area contributed by atoms with Crippen LogP contribution in [0.4, 0.5) is 11.4 Å². The zero-order valence-electron chi connectivity index (χ0n) is 12.3. The SMILES string of the molecule is O=C(CCN1C(=O)CSc2ccccc21)Nc1ccccc1Br. The van der Waals surface area contributed by atoms with E-state index < -0.39 is 0 Å². The van der Waals surface area contributed by atoms with Gasteiger partial charge in [0, 0.05) is 22.3 Å². The van der Waals surface area contributed by atoms with Gasteiger partial charge in [-0.25, -0.2) is 0 Å². The van der Waals surface area contributed by atoms with Gasteiger partial charge in [-0.15, -0.1) is 11.8 Å². The topological polar surface area (TPSA) is 49.4 Å². The fourth-order valence-corrected chi connectivity index (χ4v) is 3.71. The minimum absolute atomic E-state index is 0.0439. The number of hydrogen-bond donors (Lipinski definition) is 1. The number of anilines is 2. The number of carbonyl (C=O) groups excluding carboxylic acids is 2. The van der Waals surface area contributed by atoms with E-state index in [9.17, 15) is 9.59 Å². The number of thioether (sulfide) groups is 1. The Kier molecular flexibility index (Phi) is 5.03. The number of para-hydroxylation sites is 2. The molecule has 0 saturated carbocycles. The average Bonchev–Trinajstić information content (AvgIpc) is 2.56. The molecule has 0 unspecified atom stereocenters. The number of amides is 2. The van der Waals surface area contributed by atoms with E-state index >= 15 is 0 Å². The van der Waals surface area contributed by atoms with E-state index in [1.54, 1.807) is 16.7 Å². The Morgan fingerprint density at radius 2 is 1.91 bits per heavy atom. The first kappa shape index (κ1) is 16.1. The second-order valence-corrected chi connectivity index (χ2v) is 6.95. The van der Waals surface area contributed by atoms with Crippen LogP contribution in [0.3, 0.4) is 0 Å². The van der Waals surface area contributed by atoms with Crippen molar-refractivity contribution < 1.29 is 9.59 Å². The molecule has 3 rings (SSSR count). The second-order valence-electron chi connectivity index (χ2n) is 5.08. The summed E-state index contributed by atoms with van der Waals surface area (Å²) in [5.41, 5.74) is 1.63. The van der Waals surface area contributed by atoms with Crippen molar-refractivity contribution in [2.24, 2.45) is 0 Å². The first-order chi connectivity index (χ1) is 11.1. The van der Waals surface area contributed by atoms with Gasteiger partial charge in [-0.05, 0) is 40.2 Å². The van der Waals surface area contributed by atoms with Gasteiger partial charge in [0.25, 0.3) is 0 Å². The summed E-state index contributed by atoms with van der Waals surface area (Å²) in [6.45, 7) is 0.382. The first-order valence-electron chi connectivity index (χ1n) is 7.22. The van der Waals surface area contributed by atoms with Crippen molar-refractivity contribution in [1.82, 2.24) is 0 Å². The van der Waals surface area contributed by atoms with Gasteiger partial charge in [-0.3, -0.25) is 9.59 Å². The molecule has 23 heavy (non-hydrogen) atoms. The smallest absolute Gasteiger partial charge is 0.237 e. The summed E-state index contributed by atoms with van der Waals surface area (Å²) in [5, 5.41) is 2.86. The molecule has 1 aliphatic rings. The molecule has 0 saturated heterocycles. The molecule has 2 aromatic carbocycles. The molecule has 118 valence electrons. The molecule has 1 aliphatic heterocycles. The van der Waals surface area contributed by atoms with E-state index in [4.69, 9.17) is 0 Å². The van der Waals surface area contributed by atoms with E-state index in [1.807, 2.05) is 48.5 Å². The average molecular weight is 391 g/mol. The molecule has 0 aliphatic carbocycles. The molecule has 0 radical (unpaired) electrons. The number of rotatable bonds is 4. The van der Waals surface area contributed by atoms with Gasteiger partial charge in [0.1, 0.15) is 0 Å². The van der Waals surface area contributed by atoms with Crippen molar-refractivity contribution in [3.8, 4) is 0 Å². The lowest BCUT2D eigenvalue weighted by atomic mass is 10.2. The third-order valence-electron chi connectivity index (χ3n) is 3.52. The lowest BCUT2D eigenvalue weighted by molar-refractivity contribution is -0.117. The van der Waals surface area contributed by atoms with Gasteiger partial charge >= 0.3 is 0 Å². The highest BCUT2D eigenvalue weighted by Crippen LogP contribution is 2.34. The number of halogens is 1. The quantitative estimate of drug-likeness (QED) is 0.860. The highest BCUT2D eigenvalue weighted by molar-refractivity contribution is 9.10. The summed E-state index contributed by atoms with van der Waals surface area (Å²) in [6.07, 6.45) is 0.256. The summed E-state index contributed by atoms with van der Waals surface area (Å²) in [5.74, 6) is 0.353. The van der Waals surface area contributed by atoms with Gasteiger partial charge < -0.3 is 10.2 Å². The molecule has 0 aromatic heterocycles. The van der Waals surface area contributed by atoms with Gasteiger partial charge in [0.2, 0.25) is 11.8 Å². The molecule has 1 N–H and O–H groups in total. The molecule has 0 bridgehead atoms. The lowest BCUT2D eigenvalue weighted by Crippen LogP contribution is -2.37. The zero-order chi connectivity index (χ0) is 16.2. The van der Waals surface area contributed by atoms with Crippen LogP contribution in [0.5, 0.6) is 0 Å². The molecule has 6 heteroatoms. The summed E-state index contributed by atoms with van der Waals surface area (Å²) >= 11 is 4.94. The van der Waals surface area contributed by atoms with Crippen molar-refractivity contribution >= 4 is 50.9 Å². The Morgan fingerprint density at radius 1 is 1.17 bits per heavy atom. The number of carbonyl (C=O) groups is 2. The predicted molar refractivity (Wildman–Crippen MR) is 96.9 cm³/mol. The van der Waals surface area contributed by atoms with Crippen molar-refractivity contribution in [2.75, 3.05) is 22.5 Å². The molecule has 0 atom stereocenters. The molecule has 2 amide bonds. The number of nitrogens with one attached hydrogen (secondary N) is 1. The van der Waals surface area contributed by atoms with Crippen LogP contribution in [0.25, 0.3) is 0 Å². The molecule has 4 nitrogen and oxygen atoms in total. The fourth-order valence-electron chi connectivity index (χ4n) is 2.39. The van der Waals surface area contributed by atoms with E-state index in [-0.39, 0.29) is 18.2 Å². The largest absolute Gasteiger partial charge is 0.325 e. The van der Waals surface area contributed by atoms with Crippen LogP contribution in [0.15, 0.2) is 57.9 Å². The number of nitrogens with zero attached hydrogens (tertiary/aromatic N) is 1. The molecule has 0 fully saturated rings. The van der Waals surface area contributed by atoms with Gasteiger partial charge in [0.15, 0.2) is 0 Å². The minimum atomic E-state index is -0.111. The van der Waals surface area contributed by atoms with Crippen molar-refractivity contribution in [3.63, 3.8) is 0 Å². The number of benzene rings is 2. The Bertz CT molecular complexity index is 751. The maximum absolute atomic E-state index is 12.2. The third-order valence-corrected chi connectivity index (χ3v) is 5.26. The van der Waals surface area contributed by atoms with Crippen LogP contribution >= 0.6 is 27.7 Å². The van der Waals surface area contributed by atoms with E-state index in [1.165, 1.54) is 0 Å². The van der Waals surface area contributed by atoms with Gasteiger partial charge in [-0.1, -0.05) is 24.3 Å². The monoisotopic (exact) mass is 390 g/mol. The normalized spacial score (nSPS) is 13.6. The molecular weight excluding hydrogens is 376 g/mol. The highest BCUT2D eigenvalue weighted by atomic mass is 79.9. The Hall–Kier alpha value is -1.79. The maximum Gasteiger partial charge on any atom is 0.237 e. The number of fused-ring (bicyclic) bond motifs is 1. The van der Waals surface area contributed by atoms with Crippen LogP contribution < -0.4 is 10.2 Å². The standard InChI is InChI=1S/C17H15BrN2O2S/c18-12-5-1-2-6-13(12)19-16(21)9-10-20-14-7-3-4-8-15(14)23-11-17(20)22/h1-8H,9-11H2,(H,19,21).